The molecule has 0 aliphatic rings. The molecular formula is C18H19ClN2O. The zero-order valence-electron chi connectivity index (χ0n) is 12.6. The highest BCUT2D eigenvalue weighted by Gasteiger charge is 2.11. The van der Waals surface area contributed by atoms with Crippen molar-refractivity contribution in [3.8, 4) is 5.75 Å². The van der Waals surface area contributed by atoms with Crippen molar-refractivity contribution in [3.63, 3.8) is 0 Å². The molecule has 3 nitrogen and oxygen atoms in total. The number of aryl methyl sites for hydroxylation is 1. The molecule has 0 saturated carbocycles. The maximum absolute atomic E-state index is 5.99. The Hall–Kier alpha value is -1.97. The van der Waals surface area contributed by atoms with Crippen molar-refractivity contribution >= 4 is 22.5 Å². The van der Waals surface area contributed by atoms with Gasteiger partial charge in [0.2, 0.25) is 0 Å². The summed E-state index contributed by atoms with van der Waals surface area (Å²) in [4.78, 5) is 0. The summed E-state index contributed by atoms with van der Waals surface area (Å²) < 4.78 is 8.11. The molecule has 0 unspecified atom stereocenters. The Labute approximate surface area is 135 Å². The van der Waals surface area contributed by atoms with Gasteiger partial charge >= 0.3 is 0 Å². The quantitative estimate of drug-likeness (QED) is 0.760. The number of rotatable bonds is 5. The summed E-state index contributed by atoms with van der Waals surface area (Å²) >= 11 is 5.99. The molecule has 0 fully saturated rings. The highest BCUT2D eigenvalue weighted by Crippen LogP contribution is 2.26. The van der Waals surface area contributed by atoms with Crippen LogP contribution in [0.2, 0.25) is 5.02 Å². The standard InChI is InChI=1S/C18H19ClN2O/c1-2-21-11-14(12-22-16-7-4-6-15(19)9-16)17-8-3-5-13(10-20)18(17)21/h3-9,11H,2,10,12,20H2,1H3. The molecule has 1 heterocycles. The van der Waals surface area contributed by atoms with Crippen LogP contribution in [-0.4, -0.2) is 4.57 Å². The first-order valence-electron chi connectivity index (χ1n) is 7.41. The van der Waals surface area contributed by atoms with Crippen molar-refractivity contribution in [2.45, 2.75) is 26.6 Å². The average Bonchev–Trinajstić information content (AvgIpc) is 2.91. The molecule has 0 bridgehead atoms. The van der Waals surface area contributed by atoms with Gasteiger partial charge in [-0.2, -0.15) is 0 Å². The monoisotopic (exact) mass is 314 g/mol. The SMILES string of the molecule is CCn1cc(COc2cccc(Cl)c2)c2cccc(CN)c21. The van der Waals surface area contributed by atoms with Crippen LogP contribution in [0.5, 0.6) is 5.75 Å². The molecule has 0 radical (unpaired) electrons. The first kappa shape index (κ1) is 14.9. The fourth-order valence-corrected chi connectivity index (χ4v) is 2.94. The van der Waals surface area contributed by atoms with Crippen LogP contribution in [0.15, 0.2) is 48.7 Å². The zero-order chi connectivity index (χ0) is 15.5. The molecule has 0 spiro atoms. The predicted molar refractivity (Wildman–Crippen MR) is 91.3 cm³/mol. The van der Waals surface area contributed by atoms with Crippen LogP contribution in [0, 0.1) is 0 Å². The Bertz CT molecular complexity index is 795. The number of ether oxygens (including phenoxy) is 1. The van der Waals surface area contributed by atoms with E-state index in [0.29, 0.717) is 18.2 Å². The summed E-state index contributed by atoms with van der Waals surface area (Å²) in [6.45, 7) is 4.09. The van der Waals surface area contributed by atoms with Gasteiger partial charge in [0.15, 0.2) is 0 Å². The molecule has 0 amide bonds. The fraction of sp³-hybridized carbons (Fsp3) is 0.222. The second-order valence-corrected chi connectivity index (χ2v) is 5.64. The van der Waals surface area contributed by atoms with Crippen LogP contribution in [0.25, 0.3) is 10.9 Å². The molecular weight excluding hydrogens is 296 g/mol. The van der Waals surface area contributed by atoms with Crippen LogP contribution < -0.4 is 10.5 Å². The minimum absolute atomic E-state index is 0.512. The van der Waals surface area contributed by atoms with Gasteiger partial charge in [-0.15, -0.1) is 0 Å². The lowest BCUT2D eigenvalue weighted by molar-refractivity contribution is 0.307. The molecule has 3 rings (SSSR count). The third-order valence-electron chi connectivity index (χ3n) is 3.82. The van der Waals surface area contributed by atoms with Gasteiger partial charge in [0.1, 0.15) is 12.4 Å². The second kappa shape index (κ2) is 6.42. The summed E-state index contributed by atoms with van der Waals surface area (Å²) in [5.74, 6) is 0.778. The van der Waals surface area contributed by atoms with E-state index >= 15 is 0 Å². The van der Waals surface area contributed by atoms with E-state index in [1.165, 1.54) is 10.9 Å². The summed E-state index contributed by atoms with van der Waals surface area (Å²) in [5, 5.41) is 1.88. The number of fused-ring (bicyclic) bond motifs is 1. The molecule has 0 aliphatic carbocycles. The topological polar surface area (TPSA) is 40.2 Å². The molecule has 0 aliphatic heterocycles. The summed E-state index contributed by atoms with van der Waals surface area (Å²) in [6, 6.07) is 13.7. The lowest BCUT2D eigenvalue weighted by Gasteiger charge is -2.06. The van der Waals surface area contributed by atoms with Crippen molar-refractivity contribution in [1.82, 2.24) is 4.57 Å². The van der Waals surface area contributed by atoms with Gasteiger partial charge in [-0.3, -0.25) is 0 Å². The van der Waals surface area contributed by atoms with Crippen molar-refractivity contribution < 1.29 is 4.74 Å². The van der Waals surface area contributed by atoms with E-state index in [2.05, 4.69) is 29.8 Å². The summed E-state index contributed by atoms with van der Waals surface area (Å²) in [7, 11) is 0. The van der Waals surface area contributed by atoms with E-state index in [9.17, 15) is 0 Å². The minimum Gasteiger partial charge on any atom is -0.489 e. The Morgan fingerprint density at radius 3 is 2.68 bits per heavy atom. The Kier molecular flexibility index (Phi) is 4.36. The minimum atomic E-state index is 0.512. The number of hydrogen-bond donors (Lipinski definition) is 1. The Morgan fingerprint density at radius 2 is 1.95 bits per heavy atom. The molecule has 0 atom stereocenters. The van der Waals surface area contributed by atoms with Crippen molar-refractivity contribution in [1.29, 1.82) is 0 Å². The fourth-order valence-electron chi connectivity index (χ4n) is 2.76. The van der Waals surface area contributed by atoms with Gasteiger partial charge in [0, 0.05) is 35.3 Å². The lowest BCUT2D eigenvalue weighted by atomic mass is 10.1. The second-order valence-electron chi connectivity index (χ2n) is 5.20. The zero-order valence-corrected chi connectivity index (χ0v) is 13.3. The summed E-state index contributed by atoms with van der Waals surface area (Å²) in [6.07, 6.45) is 2.15. The van der Waals surface area contributed by atoms with Crippen LogP contribution in [0.1, 0.15) is 18.1 Å². The number of hydrogen-bond acceptors (Lipinski definition) is 2. The third kappa shape index (κ3) is 2.82. The van der Waals surface area contributed by atoms with Crippen molar-refractivity contribution in [2.75, 3.05) is 0 Å². The van der Waals surface area contributed by atoms with Gasteiger partial charge in [0.05, 0.1) is 5.52 Å². The maximum atomic E-state index is 5.99. The van der Waals surface area contributed by atoms with Gasteiger partial charge in [0.25, 0.3) is 0 Å². The average molecular weight is 315 g/mol. The van der Waals surface area contributed by atoms with Crippen LogP contribution in [0.3, 0.4) is 0 Å². The summed E-state index contributed by atoms with van der Waals surface area (Å²) in [5.41, 5.74) is 9.40. The molecule has 114 valence electrons. The normalized spacial score (nSPS) is 11.0. The van der Waals surface area contributed by atoms with Crippen molar-refractivity contribution in [2.24, 2.45) is 5.73 Å². The van der Waals surface area contributed by atoms with Crippen LogP contribution in [0.4, 0.5) is 0 Å². The van der Waals surface area contributed by atoms with Crippen molar-refractivity contribution in [3.05, 3.63) is 64.8 Å². The molecule has 2 aromatic carbocycles. The number of nitrogens with zero attached hydrogens (tertiary/aromatic N) is 1. The first-order valence-corrected chi connectivity index (χ1v) is 7.78. The Morgan fingerprint density at radius 1 is 1.14 bits per heavy atom. The largest absolute Gasteiger partial charge is 0.489 e. The van der Waals surface area contributed by atoms with E-state index in [1.807, 2.05) is 30.3 Å². The van der Waals surface area contributed by atoms with E-state index in [4.69, 9.17) is 22.1 Å². The van der Waals surface area contributed by atoms with Gasteiger partial charge < -0.3 is 15.0 Å². The van der Waals surface area contributed by atoms with Crippen LogP contribution in [-0.2, 0) is 19.7 Å². The molecule has 22 heavy (non-hydrogen) atoms. The first-order chi connectivity index (χ1) is 10.7. The number of aromatic nitrogens is 1. The van der Waals surface area contributed by atoms with Gasteiger partial charge in [-0.25, -0.2) is 0 Å². The Balaban J connectivity index is 1.94. The third-order valence-corrected chi connectivity index (χ3v) is 4.05. The number of halogens is 1. The number of benzene rings is 2. The lowest BCUT2D eigenvalue weighted by Crippen LogP contribution is -2.00. The molecule has 2 N–H and O–H groups in total. The van der Waals surface area contributed by atoms with E-state index < -0.39 is 0 Å². The van der Waals surface area contributed by atoms with E-state index in [-0.39, 0.29) is 0 Å². The highest BCUT2D eigenvalue weighted by molar-refractivity contribution is 6.30. The predicted octanol–water partition coefficient (Wildman–Crippen LogP) is 4.35. The smallest absolute Gasteiger partial charge is 0.121 e. The van der Waals surface area contributed by atoms with Gasteiger partial charge in [-0.05, 0) is 30.7 Å². The maximum Gasteiger partial charge on any atom is 0.121 e. The molecule has 1 aromatic heterocycles. The van der Waals surface area contributed by atoms with E-state index in [1.54, 1.807) is 0 Å². The highest BCUT2D eigenvalue weighted by atomic mass is 35.5. The van der Waals surface area contributed by atoms with Gasteiger partial charge in [-0.1, -0.05) is 35.9 Å². The van der Waals surface area contributed by atoms with E-state index in [0.717, 1.165) is 23.4 Å². The molecule has 3 aromatic rings. The van der Waals surface area contributed by atoms with Crippen LogP contribution >= 0.6 is 11.6 Å². The number of nitrogens with two attached hydrogens (primary N) is 1. The molecule has 4 heteroatoms. The molecule has 0 saturated heterocycles. The number of para-hydroxylation sites is 1.